The number of hydrogen-bond donors (Lipinski definition) is 0. The van der Waals surface area contributed by atoms with Crippen LogP contribution in [0.3, 0.4) is 0 Å². The van der Waals surface area contributed by atoms with E-state index in [0.29, 0.717) is 7.11 Å². The Morgan fingerprint density at radius 1 is 0.947 bits per heavy atom. The zero-order valence-electron chi connectivity index (χ0n) is 8.87. The molecule has 0 aliphatic heterocycles. The van der Waals surface area contributed by atoms with Crippen LogP contribution in [0.2, 0.25) is 0 Å². The highest BCUT2D eigenvalue weighted by molar-refractivity contribution is 5.64. The van der Waals surface area contributed by atoms with Gasteiger partial charge in [-0.2, -0.15) is 22.0 Å². The molecule has 0 saturated carbocycles. The number of methoxy groups -OCH3 is 1. The summed E-state index contributed by atoms with van der Waals surface area (Å²) >= 11 is 0. The maximum absolute atomic E-state index is 13.1. The molecule has 0 bridgehead atoms. The molecule has 1 aromatic carbocycles. The first-order chi connectivity index (χ1) is 8.61. The van der Waals surface area contributed by atoms with Gasteiger partial charge in [-0.15, -0.1) is 0 Å². The van der Waals surface area contributed by atoms with Gasteiger partial charge in [0.15, 0.2) is 11.6 Å². The van der Waals surface area contributed by atoms with E-state index in [2.05, 4.69) is 9.47 Å². The van der Waals surface area contributed by atoms with Crippen LogP contribution in [0.5, 0.6) is 5.75 Å². The first kappa shape index (κ1) is 15.1. The van der Waals surface area contributed by atoms with E-state index in [4.69, 9.17) is 0 Å². The number of carbonyl (C=O) groups excluding carboxylic acids is 1. The van der Waals surface area contributed by atoms with Crippen molar-refractivity contribution in [1.82, 2.24) is 0 Å². The zero-order valence-corrected chi connectivity index (χ0v) is 8.87. The third kappa shape index (κ3) is 2.71. The number of halogens is 7. The summed E-state index contributed by atoms with van der Waals surface area (Å²) in [5.74, 6) is -12.4. The summed E-state index contributed by atoms with van der Waals surface area (Å²) in [6.45, 7) is 0. The second kappa shape index (κ2) is 4.94. The lowest BCUT2D eigenvalue weighted by Gasteiger charge is -2.13. The molecule has 0 unspecified atom stereocenters. The summed E-state index contributed by atoms with van der Waals surface area (Å²) in [7, 11) is 0.703. The van der Waals surface area contributed by atoms with Crippen LogP contribution in [0, 0.1) is 23.3 Å². The van der Waals surface area contributed by atoms with E-state index in [1.165, 1.54) is 0 Å². The van der Waals surface area contributed by atoms with Gasteiger partial charge in [0, 0.05) is 0 Å². The molecule has 1 aromatic rings. The van der Waals surface area contributed by atoms with Crippen molar-refractivity contribution in [3.05, 3.63) is 28.8 Å². The Bertz CT molecular complexity index is 495. The van der Waals surface area contributed by atoms with Crippen molar-refractivity contribution < 1.29 is 45.0 Å². The molecule has 106 valence electrons. The molecule has 0 aromatic heterocycles. The van der Waals surface area contributed by atoms with Crippen molar-refractivity contribution in [3.8, 4) is 5.75 Å². The summed E-state index contributed by atoms with van der Waals surface area (Å²) in [6.07, 6.45) is -7.43. The fraction of sp³-hybridized carbons (Fsp3) is 0.222. The molecule has 3 nitrogen and oxygen atoms in total. The molecule has 0 fully saturated rings. The molecular weight excluding hydrogens is 289 g/mol. The van der Waals surface area contributed by atoms with Crippen molar-refractivity contribution in [2.45, 2.75) is 6.18 Å². The predicted molar refractivity (Wildman–Crippen MR) is 44.3 cm³/mol. The predicted octanol–water partition coefficient (Wildman–Crippen LogP) is 3.41. The molecule has 0 amide bonds. The Kier molecular flexibility index (Phi) is 3.91. The van der Waals surface area contributed by atoms with Crippen molar-refractivity contribution in [3.63, 3.8) is 0 Å². The Morgan fingerprint density at radius 3 is 1.68 bits per heavy atom. The van der Waals surface area contributed by atoms with E-state index >= 15 is 0 Å². The standard InChI is InChI=1S/C9H3F7O3/c1-18-8(17)19-7-5(12)3(10)2(9(14,15)16)4(11)6(7)13/h1H3. The second-order valence-electron chi connectivity index (χ2n) is 3.01. The van der Waals surface area contributed by atoms with Gasteiger partial charge in [0.1, 0.15) is 5.56 Å². The quantitative estimate of drug-likeness (QED) is 0.344. The summed E-state index contributed by atoms with van der Waals surface area (Å²) in [5, 5.41) is 0. The average molecular weight is 292 g/mol. The molecule has 0 aliphatic rings. The number of hydrogen-bond acceptors (Lipinski definition) is 3. The molecular formula is C9H3F7O3. The van der Waals surface area contributed by atoms with Crippen molar-refractivity contribution in [2.24, 2.45) is 0 Å². The third-order valence-corrected chi connectivity index (χ3v) is 1.86. The Hall–Kier alpha value is -2.00. The lowest BCUT2D eigenvalue weighted by molar-refractivity contribution is -0.143. The molecule has 0 N–H and O–H groups in total. The smallest absolute Gasteiger partial charge is 0.437 e. The molecule has 10 heteroatoms. The number of ether oxygens (including phenoxy) is 2. The first-order valence-corrected chi connectivity index (χ1v) is 4.30. The number of benzene rings is 1. The summed E-state index contributed by atoms with van der Waals surface area (Å²) in [5.41, 5.74) is -2.76. The molecule has 0 aliphatic carbocycles. The van der Waals surface area contributed by atoms with Gasteiger partial charge in [-0.25, -0.2) is 13.6 Å². The van der Waals surface area contributed by atoms with Crippen LogP contribution in [-0.4, -0.2) is 13.3 Å². The Balaban J connectivity index is 3.52. The van der Waals surface area contributed by atoms with Crippen LogP contribution < -0.4 is 4.74 Å². The van der Waals surface area contributed by atoms with Crippen molar-refractivity contribution in [2.75, 3.05) is 7.11 Å². The summed E-state index contributed by atoms with van der Waals surface area (Å²) in [4.78, 5) is 10.5. The Labute approximate surface area is 100 Å². The van der Waals surface area contributed by atoms with E-state index in [0.717, 1.165) is 0 Å². The van der Waals surface area contributed by atoms with Gasteiger partial charge in [-0.3, -0.25) is 0 Å². The SMILES string of the molecule is COC(=O)Oc1c(F)c(F)c(C(F)(F)F)c(F)c1F. The molecule has 1 rings (SSSR count). The van der Waals surface area contributed by atoms with Crippen molar-refractivity contribution in [1.29, 1.82) is 0 Å². The number of carbonyl (C=O) groups is 1. The number of alkyl halides is 3. The van der Waals surface area contributed by atoms with Gasteiger partial charge < -0.3 is 9.47 Å². The second-order valence-corrected chi connectivity index (χ2v) is 3.01. The Morgan fingerprint density at radius 2 is 1.37 bits per heavy atom. The lowest BCUT2D eigenvalue weighted by atomic mass is 10.1. The molecule has 0 spiro atoms. The average Bonchev–Trinajstić information content (AvgIpc) is 2.30. The molecule has 0 saturated heterocycles. The molecule has 0 atom stereocenters. The highest BCUT2D eigenvalue weighted by Gasteiger charge is 2.43. The van der Waals surface area contributed by atoms with Gasteiger partial charge in [-0.1, -0.05) is 0 Å². The zero-order chi connectivity index (χ0) is 15.0. The minimum absolute atomic E-state index is 0.703. The van der Waals surface area contributed by atoms with E-state index in [1.807, 2.05) is 0 Å². The van der Waals surface area contributed by atoms with Crippen LogP contribution in [-0.2, 0) is 10.9 Å². The minimum Gasteiger partial charge on any atom is -0.437 e. The van der Waals surface area contributed by atoms with Crippen LogP contribution >= 0.6 is 0 Å². The topological polar surface area (TPSA) is 35.5 Å². The maximum Gasteiger partial charge on any atom is 0.513 e. The van der Waals surface area contributed by atoms with Gasteiger partial charge in [0.2, 0.25) is 17.4 Å². The molecule has 0 radical (unpaired) electrons. The van der Waals surface area contributed by atoms with Crippen LogP contribution in [0.1, 0.15) is 5.56 Å². The van der Waals surface area contributed by atoms with E-state index < -0.39 is 46.9 Å². The van der Waals surface area contributed by atoms with Crippen LogP contribution in [0.15, 0.2) is 0 Å². The lowest BCUT2D eigenvalue weighted by Crippen LogP contribution is -2.18. The summed E-state index contributed by atoms with van der Waals surface area (Å²) < 4.78 is 96.3. The number of rotatable bonds is 1. The largest absolute Gasteiger partial charge is 0.513 e. The van der Waals surface area contributed by atoms with Crippen LogP contribution in [0.4, 0.5) is 35.5 Å². The summed E-state index contributed by atoms with van der Waals surface area (Å²) in [6, 6.07) is 0. The van der Waals surface area contributed by atoms with Crippen LogP contribution in [0.25, 0.3) is 0 Å². The normalized spacial score (nSPS) is 11.4. The van der Waals surface area contributed by atoms with Gasteiger partial charge in [0.05, 0.1) is 7.11 Å². The fourth-order valence-electron chi connectivity index (χ4n) is 1.08. The minimum atomic E-state index is -5.67. The highest BCUT2D eigenvalue weighted by Crippen LogP contribution is 2.39. The van der Waals surface area contributed by atoms with E-state index in [1.54, 1.807) is 0 Å². The van der Waals surface area contributed by atoms with E-state index in [-0.39, 0.29) is 0 Å². The van der Waals surface area contributed by atoms with Gasteiger partial charge in [-0.05, 0) is 0 Å². The molecule has 0 heterocycles. The first-order valence-electron chi connectivity index (χ1n) is 4.30. The third-order valence-electron chi connectivity index (χ3n) is 1.86. The molecule has 19 heavy (non-hydrogen) atoms. The maximum atomic E-state index is 13.1. The monoisotopic (exact) mass is 292 g/mol. The van der Waals surface area contributed by atoms with E-state index in [9.17, 15) is 35.5 Å². The fourth-order valence-corrected chi connectivity index (χ4v) is 1.08. The van der Waals surface area contributed by atoms with Gasteiger partial charge >= 0.3 is 12.3 Å². The van der Waals surface area contributed by atoms with Gasteiger partial charge in [0.25, 0.3) is 0 Å². The van der Waals surface area contributed by atoms with Crippen molar-refractivity contribution >= 4 is 6.16 Å². The highest BCUT2D eigenvalue weighted by atomic mass is 19.4.